The first kappa shape index (κ1) is 15.8. The Labute approximate surface area is 126 Å². The molecule has 0 aromatic carbocycles. The van der Waals surface area contributed by atoms with Gasteiger partial charge in [0.15, 0.2) is 0 Å². The summed E-state index contributed by atoms with van der Waals surface area (Å²) in [5, 5.41) is 6.24. The lowest BCUT2D eigenvalue weighted by molar-refractivity contribution is 0.266. The quantitative estimate of drug-likeness (QED) is 0.788. The Kier molecular flexibility index (Phi) is 5.55. The summed E-state index contributed by atoms with van der Waals surface area (Å²) >= 11 is 0. The lowest BCUT2D eigenvalue weighted by Crippen LogP contribution is -2.29. The Morgan fingerprint density at radius 3 is 2.67 bits per heavy atom. The van der Waals surface area contributed by atoms with Crippen molar-refractivity contribution in [1.29, 1.82) is 0 Å². The molecule has 1 unspecified atom stereocenters. The second kappa shape index (κ2) is 7.40. The Morgan fingerprint density at radius 2 is 2.05 bits per heavy atom. The van der Waals surface area contributed by atoms with E-state index in [9.17, 15) is 0 Å². The first-order chi connectivity index (χ1) is 10.1. The van der Waals surface area contributed by atoms with Gasteiger partial charge in [-0.15, -0.1) is 0 Å². The van der Waals surface area contributed by atoms with E-state index in [1.54, 1.807) is 7.05 Å². The van der Waals surface area contributed by atoms with E-state index in [1.165, 1.54) is 13.0 Å². The Bertz CT molecular complexity index is 453. The number of nitrogens with one attached hydrogen (secondary N) is 2. The molecule has 1 aliphatic rings. The van der Waals surface area contributed by atoms with Crippen molar-refractivity contribution in [3.8, 4) is 6.01 Å². The lowest BCUT2D eigenvalue weighted by Gasteiger charge is -2.20. The van der Waals surface area contributed by atoms with Gasteiger partial charge in [0.25, 0.3) is 0 Å². The van der Waals surface area contributed by atoms with Gasteiger partial charge >= 0.3 is 6.01 Å². The maximum atomic E-state index is 5.36. The van der Waals surface area contributed by atoms with Crippen molar-refractivity contribution < 1.29 is 4.74 Å². The van der Waals surface area contributed by atoms with Gasteiger partial charge in [-0.25, -0.2) is 0 Å². The van der Waals surface area contributed by atoms with Crippen LogP contribution in [0.4, 0.5) is 11.9 Å². The van der Waals surface area contributed by atoms with Crippen molar-refractivity contribution >= 4 is 11.9 Å². The topological polar surface area (TPSA) is 75.2 Å². The fourth-order valence-corrected chi connectivity index (χ4v) is 2.47. The number of likely N-dealkylation sites (tertiary alicyclic amines) is 1. The molecule has 21 heavy (non-hydrogen) atoms. The largest absolute Gasteiger partial charge is 0.464 e. The summed E-state index contributed by atoms with van der Waals surface area (Å²) < 4.78 is 5.36. The molecule has 0 spiro atoms. The van der Waals surface area contributed by atoms with E-state index in [2.05, 4.69) is 44.3 Å². The highest BCUT2D eigenvalue weighted by Crippen LogP contribution is 2.19. The van der Waals surface area contributed by atoms with Gasteiger partial charge in [0.2, 0.25) is 11.9 Å². The molecule has 2 N–H and O–H groups in total. The van der Waals surface area contributed by atoms with E-state index < -0.39 is 0 Å². The number of rotatable bonds is 7. The third kappa shape index (κ3) is 4.42. The zero-order valence-electron chi connectivity index (χ0n) is 13.4. The Balaban J connectivity index is 1.92. The van der Waals surface area contributed by atoms with Crippen molar-refractivity contribution in [2.24, 2.45) is 5.92 Å². The lowest BCUT2D eigenvalue weighted by atomic mass is 10.1. The summed E-state index contributed by atoms with van der Waals surface area (Å²) in [6.45, 7) is 10.1. The van der Waals surface area contributed by atoms with Gasteiger partial charge < -0.3 is 20.3 Å². The number of anilines is 2. The van der Waals surface area contributed by atoms with Crippen molar-refractivity contribution in [2.75, 3.05) is 43.9 Å². The van der Waals surface area contributed by atoms with Crippen molar-refractivity contribution in [3.63, 3.8) is 0 Å². The van der Waals surface area contributed by atoms with Crippen LogP contribution in [0.2, 0.25) is 0 Å². The van der Waals surface area contributed by atoms with Crippen LogP contribution in [0, 0.1) is 5.92 Å². The molecule has 0 aliphatic carbocycles. The van der Waals surface area contributed by atoms with E-state index in [0.29, 0.717) is 36.5 Å². The maximum Gasteiger partial charge on any atom is 0.323 e. The average Bonchev–Trinajstić information content (AvgIpc) is 2.94. The molecule has 1 aromatic heterocycles. The summed E-state index contributed by atoms with van der Waals surface area (Å²) in [4.78, 5) is 15.2. The molecule has 118 valence electrons. The van der Waals surface area contributed by atoms with Crippen LogP contribution >= 0.6 is 0 Å². The number of aromatic nitrogens is 3. The van der Waals surface area contributed by atoms with Crippen LogP contribution in [0.5, 0.6) is 6.01 Å². The minimum absolute atomic E-state index is 0.356. The van der Waals surface area contributed by atoms with Crippen LogP contribution in [0.3, 0.4) is 0 Å². The molecule has 1 aliphatic heterocycles. The van der Waals surface area contributed by atoms with Gasteiger partial charge in [-0.05, 0) is 39.7 Å². The molecule has 2 heterocycles. The SMILES string of the molecule is CCOc1nc(NC)nc(NCC2CCN(C(C)C)C2)n1. The van der Waals surface area contributed by atoms with Crippen LogP contribution in [-0.2, 0) is 0 Å². The zero-order valence-corrected chi connectivity index (χ0v) is 13.4. The van der Waals surface area contributed by atoms with E-state index in [1.807, 2.05) is 6.92 Å². The number of nitrogens with zero attached hydrogens (tertiary/aromatic N) is 4. The van der Waals surface area contributed by atoms with Crippen LogP contribution < -0.4 is 15.4 Å². The number of ether oxygens (including phenoxy) is 1. The third-order valence-corrected chi connectivity index (χ3v) is 3.71. The first-order valence-corrected chi connectivity index (χ1v) is 7.67. The predicted octanol–water partition coefficient (Wildman–Crippen LogP) is 1.45. The van der Waals surface area contributed by atoms with Gasteiger partial charge in [0, 0.05) is 26.2 Å². The summed E-state index contributed by atoms with van der Waals surface area (Å²) in [5.41, 5.74) is 0. The number of hydrogen-bond acceptors (Lipinski definition) is 7. The molecule has 0 radical (unpaired) electrons. The monoisotopic (exact) mass is 294 g/mol. The summed E-state index contributed by atoms with van der Waals surface area (Å²) in [5.74, 6) is 1.73. The first-order valence-electron chi connectivity index (χ1n) is 7.67. The van der Waals surface area contributed by atoms with E-state index >= 15 is 0 Å². The van der Waals surface area contributed by atoms with Crippen molar-refractivity contribution in [1.82, 2.24) is 19.9 Å². The van der Waals surface area contributed by atoms with Gasteiger partial charge in [-0.1, -0.05) is 0 Å². The third-order valence-electron chi connectivity index (χ3n) is 3.71. The van der Waals surface area contributed by atoms with Gasteiger partial charge in [0.05, 0.1) is 6.61 Å². The molecule has 7 heteroatoms. The predicted molar refractivity (Wildman–Crippen MR) is 83.8 cm³/mol. The molecule has 1 aromatic rings. The molecule has 0 amide bonds. The maximum absolute atomic E-state index is 5.36. The number of hydrogen-bond donors (Lipinski definition) is 2. The van der Waals surface area contributed by atoms with Crippen molar-refractivity contribution in [2.45, 2.75) is 33.2 Å². The summed E-state index contributed by atoms with van der Waals surface area (Å²) in [7, 11) is 1.78. The normalized spacial score (nSPS) is 19.0. The molecule has 1 saturated heterocycles. The highest BCUT2D eigenvalue weighted by atomic mass is 16.5. The molecule has 7 nitrogen and oxygen atoms in total. The molecule has 0 saturated carbocycles. The Hall–Kier alpha value is -1.63. The minimum Gasteiger partial charge on any atom is -0.464 e. The van der Waals surface area contributed by atoms with E-state index in [-0.39, 0.29) is 0 Å². The summed E-state index contributed by atoms with van der Waals surface area (Å²) in [6, 6.07) is 0.974. The smallest absolute Gasteiger partial charge is 0.323 e. The molecule has 2 rings (SSSR count). The highest BCUT2D eigenvalue weighted by Gasteiger charge is 2.24. The molecule has 0 bridgehead atoms. The highest BCUT2D eigenvalue weighted by molar-refractivity contribution is 5.35. The van der Waals surface area contributed by atoms with Gasteiger partial charge in [-0.3, -0.25) is 0 Å². The van der Waals surface area contributed by atoms with Crippen LogP contribution in [-0.4, -0.2) is 59.2 Å². The fraction of sp³-hybridized carbons (Fsp3) is 0.786. The fourth-order valence-electron chi connectivity index (χ4n) is 2.47. The van der Waals surface area contributed by atoms with Gasteiger partial charge in [-0.2, -0.15) is 15.0 Å². The molecular formula is C14H26N6O. The second-order valence-corrected chi connectivity index (χ2v) is 5.57. The van der Waals surface area contributed by atoms with Crippen LogP contribution in [0.15, 0.2) is 0 Å². The molecular weight excluding hydrogens is 268 g/mol. The molecule has 1 fully saturated rings. The Morgan fingerprint density at radius 1 is 1.29 bits per heavy atom. The van der Waals surface area contributed by atoms with E-state index in [0.717, 1.165) is 13.1 Å². The van der Waals surface area contributed by atoms with Gasteiger partial charge in [0.1, 0.15) is 0 Å². The molecule has 1 atom stereocenters. The zero-order chi connectivity index (χ0) is 15.2. The van der Waals surface area contributed by atoms with Crippen LogP contribution in [0.25, 0.3) is 0 Å². The van der Waals surface area contributed by atoms with Crippen molar-refractivity contribution in [3.05, 3.63) is 0 Å². The standard InChI is InChI=1S/C14H26N6O/c1-5-21-14-18-12(15-4)17-13(19-14)16-8-11-6-7-20(9-11)10(2)3/h10-11H,5-9H2,1-4H3,(H2,15,16,17,18,19). The summed E-state index contributed by atoms with van der Waals surface area (Å²) in [6.07, 6.45) is 1.22. The minimum atomic E-state index is 0.356. The van der Waals surface area contributed by atoms with E-state index in [4.69, 9.17) is 4.74 Å². The average molecular weight is 294 g/mol. The van der Waals surface area contributed by atoms with Crippen LogP contribution in [0.1, 0.15) is 27.2 Å². The second-order valence-electron chi connectivity index (χ2n) is 5.57.